The summed E-state index contributed by atoms with van der Waals surface area (Å²) in [5, 5.41) is 15.8. The van der Waals surface area contributed by atoms with E-state index in [-0.39, 0.29) is 23.6 Å². The molecule has 2 rings (SSSR count). The molecule has 0 aromatic rings. The van der Waals surface area contributed by atoms with Gasteiger partial charge < -0.3 is 15.7 Å². The number of aliphatic hydroxyl groups excluding tert-OH is 1. The van der Waals surface area contributed by atoms with Crippen molar-refractivity contribution in [3.8, 4) is 0 Å². The highest BCUT2D eigenvalue weighted by Gasteiger charge is 2.29. The van der Waals surface area contributed by atoms with Crippen LogP contribution in [0.4, 0.5) is 0 Å². The molecule has 1 amide bonds. The maximum Gasteiger partial charge on any atom is 0.230 e. The number of hydrogen-bond acceptors (Lipinski definition) is 4. The maximum atomic E-state index is 11.6. The molecule has 0 bridgehead atoms. The van der Waals surface area contributed by atoms with Crippen molar-refractivity contribution >= 4 is 17.7 Å². The lowest BCUT2D eigenvalue weighted by atomic mass is 9.88. The minimum Gasteiger partial charge on any atom is -0.506 e. The molecule has 0 saturated carbocycles. The van der Waals surface area contributed by atoms with Crippen LogP contribution in [-0.2, 0) is 4.79 Å². The largest absolute Gasteiger partial charge is 0.506 e. The van der Waals surface area contributed by atoms with Crippen molar-refractivity contribution < 1.29 is 9.90 Å². The molecule has 1 aliphatic heterocycles. The molecule has 92 valence electrons. The first-order valence-corrected chi connectivity index (χ1v) is 6.92. The fourth-order valence-corrected chi connectivity index (χ4v) is 2.40. The average Bonchev–Trinajstić information content (AvgIpc) is 2.34. The summed E-state index contributed by atoms with van der Waals surface area (Å²) in [6.07, 6.45) is 9.40. The average molecular weight is 252 g/mol. The van der Waals surface area contributed by atoms with E-state index in [4.69, 9.17) is 0 Å². The van der Waals surface area contributed by atoms with Gasteiger partial charge in [-0.05, 0) is 12.3 Å². The third-order valence-electron chi connectivity index (χ3n) is 2.81. The number of carbonyl (C=O) groups excluding carboxylic acids is 1. The van der Waals surface area contributed by atoms with E-state index in [1.165, 1.54) is 11.8 Å². The number of rotatable bonds is 3. The van der Waals surface area contributed by atoms with Gasteiger partial charge in [-0.15, -0.1) is 0 Å². The van der Waals surface area contributed by atoms with Crippen LogP contribution in [0.2, 0.25) is 0 Å². The third kappa shape index (κ3) is 2.66. The molecule has 3 N–H and O–H groups in total. The number of fused-ring (bicyclic) bond motifs is 1. The van der Waals surface area contributed by atoms with Gasteiger partial charge in [-0.3, -0.25) is 4.79 Å². The van der Waals surface area contributed by atoms with Crippen LogP contribution < -0.4 is 10.6 Å². The van der Waals surface area contributed by atoms with Crippen LogP contribution in [0.1, 0.15) is 0 Å². The number of allylic oxidation sites excluding steroid dienone is 1. The Morgan fingerprint density at radius 3 is 3.24 bits per heavy atom. The van der Waals surface area contributed by atoms with E-state index in [1.807, 2.05) is 24.5 Å². The smallest absolute Gasteiger partial charge is 0.230 e. The molecular weight excluding hydrogens is 236 g/mol. The Bertz CT molecular complexity index is 401. The Hall–Kier alpha value is -1.36. The van der Waals surface area contributed by atoms with Crippen LogP contribution in [0.5, 0.6) is 0 Å². The minimum absolute atomic E-state index is 0.0135. The summed E-state index contributed by atoms with van der Waals surface area (Å²) in [4.78, 5) is 11.6. The predicted molar refractivity (Wildman–Crippen MR) is 69.7 cm³/mol. The van der Waals surface area contributed by atoms with Gasteiger partial charge in [0.1, 0.15) is 5.76 Å². The van der Waals surface area contributed by atoms with Gasteiger partial charge in [0.05, 0.1) is 17.5 Å². The lowest BCUT2D eigenvalue weighted by Crippen LogP contribution is -2.44. The van der Waals surface area contributed by atoms with E-state index in [1.54, 1.807) is 6.08 Å². The van der Waals surface area contributed by atoms with Crippen molar-refractivity contribution in [3.63, 3.8) is 0 Å². The molecule has 2 atom stereocenters. The molecule has 0 radical (unpaired) electrons. The fraction of sp³-hybridized carbons (Fsp3) is 0.417. The summed E-state index contributed by atoms with van der Waals surface area (Å²) < 4.78 is 0. The molecule has 4 nitrogen and oxygen atoms in total. The van der Waals surface area contributed by atoms with Gasteiger partial charge in [-0.2, -0.15) is 11.8 Å². The summed E-state index contributed by atoms with van der Waals surface area (Å²) in [7, 11) is 0. The summed E-state index contributed by atoms with van der Waals surface area (Å²) in [6, 6.07) is -0.0791. The lowest BCUT2D eigenvalue weighted by molar-refractivity contribution is -0.119. The topological polar surface area (TPSA) is 61.4 Å². The fourth-order valence-electron chi connectivity index (χ4n) is 2.06. The van der Waals surface area contributed by atoms with Crippen LogP contribution >= 0.6 is 11.8 Å². The van der Waals surface area contributed by atoms with E-state index in [2.05, 4.69) is 10.6 Å². The molecule has 0 spiro atoms. The highest BCUT2D eigenvalue weighted by Crippen LogP contribution is 2.26. The van der Waals surface area contributed by atoms with Crippen LogP contribution in [-0.4, -0.2) is 35.6 Å². The molecule has 0 aromatic heterocycles. The standard InChI is InChI=1S/C12H16N2O2S/c1-17-7-11(16)14-9-4-5-10(15)12-8(9)3-2-6-13-12/h2-5,8-9,13,15H,6-7H2,1H3,(H,14,16). The monoisotopic (exact) mass is 252 g/mol. The highest BCUT2D eigenvalue weighted by molar-refractivity contribution is 7.99. The van der Waals surface area contributed by atoms with Gasteiger partial charge in [0.25, 0.3) is 0 Å². The molecule has 0 aromatic carbocycles. The molecule has 1 aliphatic carbocycles. The number of aliphatic hydroxyl groups is 1. The second kappa shape index (κ2) is 5.31. The Balaban J connectivity index is 2.10. The Labute approximate surface area is 105 Å². The number of amides is 1. The zero-order valence-electron chi connectivity index (χ0n) is 9.64. The van der Waals surface area contributed by atoms with Gasteiger partial charge in [0.15, 0.2) is 0 Å². The van der Waals surface area contributed by atoms with Gasteiger partial charge in [-0.1, -0.05) is 18.2 Å². The van der Waals surface area contributed by atoms with E-state index in [0.717, 1.165) is 12.2 Å². The number of hydrogen-bond donors (Lipinski definition) is 3. The molecule has 0 saturated heterocycles. The number of thioether (sulfide) groups is 1. The van der Waals surface area contributed by atoms with Crippen LogP contribution in [0.3, 0.4) is 0 Å². The number of carbonyl (C=O) groups is 1. The zero-order valence-corrected chi connectivity index (χ0v) is 10.5. The van der Waals surface area contributed by atoms with E-state index >= 15 is 0 Å². The van der Waals surface area contributed by atoms with Crippen LogP contribution in [0.15, 0.2) is 35.8 Å². The Kier molecular flexibility index (Phi) is 3.78. The first kappa shape index (κ1) is 12.1. The van der Waals surface area contributed by atoms with Crippen molar-refractivity contribution in [2.45, 2.75) is 6.04 Å². The van der Waals surface area contributed by atoms with Gasteiger partial charge in [-0.25, -0.2) is 0 Å². The maximum absolute atomic E-state index is 11.6. The van der Waals surface area contributed by atoms with Crippen molar-refractivity contribution in [2.75, 3.05) is 18.6 Å². The van der Waals surface area contributed by atoms with Crippen molar-refractivity contribution in [1.29, 1.82) is 0 Å². The summed E-state index contributed by atoms with van der Waals surface area (Å²) >= 11 is 1.50. The normalized spacial score (nSPS) is 26.4. The molecule has 2 unspecified atom stereocenters. The van der Waals surface area contributed by atoms with Crippen LogP contribution in [0, 0.1) is 5.92 Å². The van der Waals surface area contributed by atoms with Crippen molar-refractivity contribution in [2.24, 2.45) is 5.92 Å². The van der Waals surface area contributed by atoms with E-state index < -0.39 is 0 Å². The second-order valence-corrected chi connectivity index (χ2v) is 4.89. The quantitative estimate of drug-likeness (QED) is 0.654. The second-order valence-electron chi connectivity index (χ2n) is 4.02. The lowest BCUT2D eigenvalue weighted by Gasteiger charge is -2.31. The zero-order chi connectivity index (χ0) is 12.3. The Morgan fingerprint density at radius 2 is 2.47 bits per heavy atom. The third-order valence-corrected chi connectivity index (χ3v) is 3.37. The predicted octanol–water partition coefficient (Wildman–Crippen LogP) is 0.949. The van der Waals surface area contributed by atoms with Crippen molar-refractivity contribution in [1.82, 2.24) is 10.6 Å². The summed E-state index contributed by atoms with van der Waals surface area (Å²) in [5.74, 6) is 0.750. The first-order chi connectivity index (χ1) is 8.22. The number of nitrogens with one attached hydrogen (secondary N) is 2. The van der Waals surface area contributed by atoms with E-state index in [9.17, 15) is 9.90 Å². The van der Waals surface area contributed by atoms with Gasteiger partial charge in [0, 0.05) is 12.5 Å². The molecular formula is C12H16N2O2S. The van der Waals surface area contributed by atoms with Gasteiger partial charge >= 0.3 is 0 Å². The van der Waals surface area contributed by atoms with E-state index in [0.29, 0.717) is 5.75 Å². The summed E-state index contributed by atoms with van der Waals surface area (Å²) in [6.45, 7) is 0.717. The van der Waals surface area contributed by atoms with Crippen LogP contribution in [0.25, 0.3) is 0 Å². The van der Waals surface area contributed by atoms with Crippen molar-refractivity contribution in [3.05, 3.63) is 35.8 Å². The SMILES string of the molecule is CSCC(=O)NC1C=CC(O)=C2NCC=CC21. The van der Waals surface area contributed by atoms with Gasteiger partial charge in [0.2, 0.25) is 5.91 Å². The molecule has 2 aliphatic rings. The Morgan fingerprint density at radius 1 is 1.65 bits per heavy atom. The molecule has 1 heterocycles. The molecule has 5 heteroatoms. The molecule has 17 heavy (non-hydrogen) atoms. The first-order valence-electron chi connectivity index (χ1n) is 5.52. The minimum atomic E-state index is -0.0791. The summed E-state index contributed by atoms with van der Waals surface area (Å²) in [5.41, 5.74) is 0.796. The highest BCUT2D eigenvalue weighted by atomic mass is 32.2. The molecule has 0 fully saturated rings.